The van der Waals surface area contributed by atoms with Crippen molar-refractivity contribution >= 4 is 11.8 Å². The van der Waals surface area contributed by atoms with E-state index in [9.17, 15) is 14.7 Å². The number of amides is 2. The maximum atomic E-state index is 12.0. The fourth-order valence-corrected chi connectivity index (χ4v) is 2.49. The standard InChI is InChI=1S/C16H21NO3/c1-16(2)10-14(19)17(15(16)20)11-13(18)9-8-12-6-4-3-5-7-12/h3-7,13,18H,8-11H2,1-2H3. The zero-order chi connectivity index (χ0) is 14.8. The van der Waals surface area contributed by atoms with Gasteiger partial charge in [0.1, 0.15) is 0 Å². The Labute approximate surface area is 119 Å². The summed E-state index contributed by atoms with van der Waals surface area (Å²) >= 11 is 0. The Balaban J connectivity index is 1.87. The van der Waals surface area contributed by atoms with Gasteiger partial charge < -0.3 is 5.11 Å². The molecule has 108 valence electrons. The Bertz CT molecular complexity index is 496. The van der Waals surface area contributed by atoms with Crippen LogP contribution in [0.2, 0.25) is 0 Å². The highest BCUT2D eigenvalue weighted by molar-refractivity contribution is 6.05. The third-order valence-corrected chi connectivity index (χ3v) is 3.72. The number of benzene rings is 1. The van der Waals surface area contributed by atoms with Gasteiger partial charge in [0, 0.05) is 6.42 Å². The van der Waals surface area contributed by atoms with Gasteiger partial charge in [0.05, 0.1) is 18.1 Å². The van der Waals surface area contributed by atoms with Crippen molar-refractivity contribution in [2.75, 3.05) is 6.54 Å². The fraction of sp³-hybridized carbons (Fsp3) is 0.500. The monoisotopic (exact) mass is 275 g/mol. The van der Waals surface area contributed by atoms with Crippen molar-refractivity contribution in [2.45, 2.75) is 39.2 Å². The largest absolute Gasteiger partial charge is 0.391 e. The Morgan fingerprint density at radius 3 is 2.45 bits per heavy atom. The molecule has 1 atom stereocenters. The SMILES string of the molecule is CC1(C)CC(=O)N(CC(O)CCc2ccccc2)C1=O. The van der Waals surface area contributed by atoms with Crippen molar-refractivity contribution in [2.24, 2.45) is 5.41 Å². The van der Waals surface area contributed by atoms with Gasteiger partial charge in [-0.05, 0) is 18.4 Å². The summed E-state index contributed by atoms with van der Waals surface area (Å²) in [6.07, 6.45) is 0.845. The minimum atomic E-state index is -0.669. The maximum absolute atomic E-state index is 12.0. The van der Waals surface area contributed by atoms with Crippen LogP contribution in [0, 0.1) is 5.41 Å². The zero-order valence-corrected chi connectivity index (χ0v) is 12.0. The highest BCUT2D eigenvalue weighted by Gasteiger charge is 2.44. The highest BCUT2D eigenvalue weighted by atomic mass is 16.3. The van der Waals surface area contributed by atoms with Crippen molar-refractivity contribution in [3.05, 3.63) is 35.9 Å². The normalized spacial score (nSPS) is 19.4. The summed E-state index contributed by atoms with van der Waals surface area (Å²) in [7, 11) is 0. The van der Waals surface area contributed by atoms with Gasteiger partial charge >= 0.3 is 0 Å². The van der Waals surface area contributed by atoms with Gasteiger partial charge in [-0.3, -0.25) is 14.5 Å². The van der Waals surface area contributed by atoms with Crippen LogP contribution in [0.5, 0.6) is 0 Å². The molecule has 4 heteroatoms. The predicted molar refractivity (Wildman–Crippen MR) is 75.9 cm³/mol. The lowest BCUT2D eigenvalue weighted by Crippen LogP contribution is -2.39. The predicted octanol–water partition coefficient (Wildman–Crippen LogP) is 1.77. The number of carbonyl (C=O) groups excluding carboxylic acids is 2. The van der Waals surface area contributed by atoms with Crippen LogP contribution in [-0.2, 0) is 16.0 Å². The van der Waals surface area contributed by atoms with Crippen LogP contribution in [0.4, 0.5) is 0 Å². The molecule has 1 saturated heterocycles. The van der Waals surface area contributed by atoms with Crippen LogP contribution >= 0.6 is 0 Å². The van der Waals surface area contributed by atoms with Crippen molar-refractivity contribution in [3.8, 4) is 0 Å². The van der Waals surface area contributed by atoms with Gasteiger partial charge in [-0.1, -0.05) is 44.2 Å². The first-order valence-corrected chi connectivity index (χ1v) is 6.97. The van der Waals surface area contributed by atoms with E-state index < -0.39 is 11.5 Å². The molecule has 1 unspecified atom stereocenters. The number of nitrogens with zero attached hydrogens (tertiary/aromatic N) is 1. The summed E-state index contributed by atoms with van der Waals surface area (Å²) < 4.78 is 0. The molecular formula is C16H21NO3. The molecule has 1 aliphatic heterocycles. The van der Waals surface area contributed by atoms with Gasteiger partial charge in [0.25, 0.3) is 0 Å². The highest BCUT2D eigenvalue weighted by Crippen LogP contribution is 2.31. The lowest BCUT2D eigenvalue weighted by molar-refractivity contribution is -0.142. The minimum Gasteiger partial charge on any atom is -0.391 e. The first-order valence-electron chi connectivity index (χ1n) is 6.97. The molecule has 0 bridgehead atoms. The number of aliphatic hydroxyl groups is 1. The average molecular weight is 275 g/mol. The molecule has 0 saturated carbocycles. The van der Waals surface area contributed by atoms with E-state index in [4.69, 9.17) is 0 Å². The lowest BCUT2D eigenvalue weighted by Gasteiger charge is -2.20. The second-order valence-electron chi connectivity index (χ2n) is 6.05. The summed E-state index contributed by atoms with van der Waals surface area (Å²) in [6.45, 7) is 3.64. The molecule has 1 aromatic carbocycles. The summed E-state index contributed by atoms with van der Waals surface area (Å²) in [4.78, 5) is 25.0. The van der Waals surface area contributed by atoms with E-state index in [1.165, 1.54) is 4.90 Å². The molecule has 1 aromatic rings. The van der Waals surface area contributed by atoms with E-state index in [2.05, 4.69) is 0 Å². The van der Waals surface area contributed by atoms with Crippen LogP contribution in [-0.4, -0.2) is 34.5 Å². The molecular weight excluding hydrogens is 254 g/mol. The number of hydrogen-bond donors (Lipinski definition) is 1. The van der Waals surface area contributed by atoms with E-state index in [1.807, 2.05) is 30.3 Å². The van der Waals surface area contributed by atoms with E-state index >= 15 is 0 Å². The third kappa shape index (κ3) is 3.25. The van der Waals surface area contributed by atoms with Crippen molar-refractivity contribution in [3.63, 3.8) is 0 Å². The Morgan fingerprint density at radius 2 is 1.90 bits per heavy atom. The molecule has 0 aromatic heterocycles. The topological polar surface area (TPSA) is 57.6 Å². The molecule has 2 amide bonds. The molecule has 1 fully saturated rings. The molecule has 0 radical (unpaired) electrons. The van der Waals surface area contributed by atoms with Crippen LogP contribution in [0.15, 0.2) is 30.3 Å². The Kier molecular flexibility index (Phi) is 4.23. The molecule has 2 rings (SSSR count). The summed E-state index contributed by atoms with van der Waals surface area (Å²) in [5.41, 5.74) is 0.516. The average Bonchev–Trinajstić information content (AvgIpc) is 2.60. The van der Waals surface area contributed by atoms with E-state index in [1.54, 1.807) is 13.8 Å². The van der Waals surface area contributed by atoms with E-state index in [0.29, 0.717) is 6.42 Å². The lowest BCUT2D eigenvalue weighted by atomic mass is 9.92. The number of hydrogen-bond acceptors (Lipinski definition) is 3. The number of β-amino-alcohol motifs (C(OH)–C–C–N with tert-alkyl or cyclic N) is 1. The van der Waals surface area contributed by atoms with E-state index in [0.717, 1.165) is 12.0 Å². The van der Waals surface area contributed by atoms with Crippen molar-refractivity contribution < 1.29 is 14.7 Å². The van der Waals surface area contributed by atoms with E-state index in [-0.39, 0.29) is 24.8 Å². The Morgan fingerprint density at radius 1 is 1.25 bits per heavy atom. The van der Waals surface area contributed by atoms with Crippen LogP contribution in [0.25, 0.3) is 0 Å². The van der Waals surface area contributed by atoms with Crippen LogP contribution in [0.3, 0.4) is 0 Å². The van der Waals surface area contributed by atoms with Gasteiger partial charge in [0.15, 0.2) is 0 Å². The number of aryl methyl sites for hydroxylation is 1. The smallest absolute Gasteiger partial charge is 0.235 e. The van der Waals surface area contributed by atoms with Gasteiger partial charge in [-0.2, -0.15) is 0 Å². The fourth-order valence-electron chi connectivity index (χ4n) is 2.49. The molecule has 0 aliphatic carbocycles. The van der Waals surface area contributed by atoms with Crippen molar-refractivity contribution in [1.29, 1.82) is 0 Å². The summed E-state index contributed by atoms with van der Waals surface area (Å²) in [5.74, 6) is -0.361. The molecule has 1 aliphatic rings. The molecule has 1 N–H and O–H groups in total. The number of likely N-dealkylation sites (tertiary alicyclic amines) is 1. The first kappa shape index (κ1) is 14.7. The summed E-state index contributed by atoms with van der Waals surface area (Å²) in [6, 6.07) is 9.86. The zero-order valence-electron chi connectivity index (χ0n) is 12.0. The molecule has 4 nitrogen and oxygen atoms in total. The van der Waals surface area contributed by atoms with Crippen LogP contribution in [0.1, 0.15) is 32.3 Å². The number of aliphatic hydroxyl groups excluding tert-OH is 1. The number of imide groups is 1. The quantitative estimate of drug-likeness (QED) is 0.833. The molecule has 0 spiro atoms. The maximum Gasteiger partial charge on any atom is 0.235 e. The second kappa shape index (κ2) is 5.75. The molecule has 1 heterocycles. The Hall–Kier alpha value is -1.68. The number of rotatable bonds is 5. The van der Waals surface area contributed by atoms with Gasteiger partial charge in [-0.25, -0.2) is 0 Å². The number of carbonyl (C=O) groups is 2. The third-order valence-electron chi connectivity index (χ3n) is 3.72. The first-order chi connectivity index (χ1) is 9.40. The van der Waals surface area contributed by atoms with Crippen LogP contribution < -0.4 is 0 Å². The minimum absolute atomic E-state index is 0.105. The molecule has 20 heavy (non-hydrogen) atoms. The van der Waals surface area contributed by atoms with Crippen molar-refractivity contribution in [1.82, 2.24) is 4.90 Å². The van der Waals surface area contributed by atoms with Gasteiger partial charge in [-0.15, -0.1) is 0 Å². The second-order valence-corrected chi connectivity index (χ2v) is 6.05. The van der Waals surface area contributed by atoms with Gasteiger partial charge in [0.2, 0.25) is 11.8 Å². The summed E-state index contributed by atoms with van der Waals surface area (Å²) in [5, 5.41) is 10.0.